The summed E-state index contributed by atoms with van der Waals surface area (Å²) < 4.78 is 1.58. The van der Waals surface area contributed by atoms with Crippen molar-refractivity contribution in [2.45, 2.75) is 32.0 Å². The minimum atomic E-state index is -0.252. The molecule has 0 aliphatic carbocycles. The van der Waals surface area contributed by atoms with Gasteiger partial charge in [0.25, 0.3) is 5.91 Å². The summed E-state index contributed by atoms with van der Waals surface area (Å²) >= 11 is 1.22. The highest BCUT2D eigenvalue weighted by molar-refractivity contribution is 7.99. The summed E-state index contributed by atoms with van der Waals surface area (Å²) in [6.45, 7) is 5.77. The lowest BCUT2D eigenvalue weighted by atomic mass is 10.1. The molecule has 29 heavy (non-hydrogen) atoms. The van der Waals surface area contributed by atoms with Crippen LogP contribution >= 0.6 is 11.8 Å². The van der Waals surface area contributed by atoms with Crippen molar-refractivity contribution in [3.63, 3.8) is 0 Å². The van der Waals surface area contributed by atoms with Gasteiger partial charge >= 0.3 is 0 Å². The summed E-state index contributed by atoms with van der Waals surface area (Å²) in [4.78, 5) is 24.8. The van der Waals surface area contributed by atoms with Crippen molar-refractivity contribution >= 4 is 29.3 Å². The second-order valence-corrected chi connectivity index (χ2v) is 7.66. The molecule has 0 spiro atoms. The number of carbonyl (C=O) groups excluding carboxylic acids is 2. The van der Waals surface area contributed by atoms with Crippen LogP contribution in [0.15, 0.2) is 53.7 Å². The van der Waals surface area contributed by atoms with Crippen molar-refractivity contribution in [1.82, 2.24) is 25.5 Å². The van der Waals surface area contributed by atoms with Gasteiger partial charge in [-0.1, -0.05) is 41.6 Å². The highest BCUT2D eigenvalue weighted by atomic mass is 32.2. The van der Waals surface area contributed by atoms with Crippen LogP contribution < -0.4 is 10.6 Å². The van der Waals surface area contributed by atoms with E-state index in [1.54, 1.807) is 28.9 Å². The summed E-state index contributed by atoms with van der Waals surface area (Å²) in [5.74, 6) is -0.378. The number of hydrogen-bond donors (Lipinski definition) is 2. The molecular formula is C20H22N6O2S. The minimum Gasteiger partial charge on any atom is -0.350 e. The van der Waals surface area contributed by atoms with Gasteiger partial charge in [0.2, 0.25) is 11.1 Å². The molecule has 2 aromatic carbocycles. The zero-order valence-electron chi connectivity index (χ0n) is 16.4. The standard InChI is InChI=1S/C20H22N6O2S/c1-13(2)21-19(28)16-6-4-5-7-17(16)22-18(27)12-29-20-23-24-25-26(20)15-10-8-14(3)9-11-15/h4-11,13H,12H2,1-3H3,(H,21,28)(H,22,27). The monoisotopic (exact) mass is 410 g/mol. The molecule has 0 aliphatic rings. The largest absolute Gasteiger partial charge is 0.350 e. The second-order valence-electron chi connectivity index (χ2n) is 6.72. The van der Waals surface area contributed by atoms with E-state index < -0.39 is 0 Å². The molecule has 9 heteroatoms. The molecule has 0 saturated heterocycles. The fourth-order valence-electron chi connectivity index (χ4n) is 2.56. The van der Waals surface area contributed by atoms with Gasteiger partial charge in [0.15, 0.2) is 0 Å². The van der Waals surface area contributed by atoms with E-state index in [9.17, 15) is 9.59 Å². The molecule has 0 aliphatic heterocycles. The number of benzene rings is 2. The Morgan fingerprint density at radius 1 is 1.10 bits per heavy atom. The van der Waals surface area contributed by atoms with Crippen molar-refractivity contribution in [3.05, 3.63) is 59.7 Å². The van der Waals surface area contributed by atoms with E-state index in [0.29, 0.717) is 16.4 Å². The molecule has 1 aromatic heterocycles. The Morgan fingerprint density at radius 2 is 1.83 bits per heavy atom. The van der Waals surface area contributed by atoms with Crippen LogP contribution in [0.1, 0.15) is 29.8 Å². The second kappa shape index (κ2) is 9.33. The summed E-state index contributed by atoms with van der Waals surface area (Å²) in [5, 5.41) is 17.8. The first-order valence-electron chi connectivity index (χ1n) is 9.12. The zero-order chi connectivity index (χ0) is 20.8. The molecule has 0 radical (unpaired) electrons. The van der Waals surface area contributed by atoms with E-state index in [1.807, 2.05) is 45.0 Å². The lowest BCUT2D eigenvalue weighted by molar-refractivity contribution is -0.113. The Kier molecular flexibility index (Phi) is 6.61. The molecular weight excluding hydrogens is 388 g/mol. The number of anilines is 1. The Balaban J connectivity index is 1.66. The van der Waals surface area contributed by atoms with Crippen LogP contribution in [0.4, 0.5) is 5.69 Å². The number of para-hydroxylation sites is 1. The third kappa shape index (κ3) is 5.41. The SMILES string of the molecule is Cc1ccc(-n2nnnc2SCC(=O)Nc2ccccc2C(=O)NC(C)C)cc1. The lowest BCUT2D eigenvalue weighted by Crippen LogP contribution is -2.31. The van der Waals surface area contributed by atoms with Gasteiger partial charge in [-0.3, -0.25) is 9.59 Å². The highest BCUT2D eigenvalue weighted by Gasteiger charge is 2.15. The van der Waals surface area contributed by atoms with Crippen molar-refractivity contribution in [2.24, 2.45) is 0 Å². The summed E-state index contributed by atoms with van der Waals surface area (Å²) in [5.41, 5.74) is 2.84. The third-order valence-corrected chi connectivity index (χ3v) is 4.84. The van der Waals surface area contributed by atoms with Gasteiger partial charge in [-0.2, -0.15) is 4.68 Å². The van der Waals surface area contributed by atoms with Crippen LogP contribution in [0, 0.1) is 6.92 Å². The average Bonchev–Trinajstić information content (AvgIpc) is 3.15. The Bertz CT molecular complexity index is 1000. The molecule has 3 rings (SSSR count). The van der Waals surface area contributed by atoms with Gasteiger partial charge < -0.3 is 10.6 Å². The van der Waals surface area contributed by atoms with Gasteiger partial charge in [0, 0.05) is 6.04 Å². The number of tetrazole rings is 1. The summed E-state index contributed by atoms with van der Waals surface area (Å²) in [6.07, 6.45) is 0. The molecule has 0 bridgehead atoms. The molecule has 8 nitrogen and oxygen atoms in total. The van der Waals surface area contributed by atoms with E-state index in [0.717, 1.165) is 11.3 Å². The van der Waals surface area contributed by atoms with Gasteiger partial charge in [-0.05, 0) is 55.5 Å². The van der Waals surface area contributed by atoms with Crippen LogP contribution in [-0.2, 0) is 4.79 Å². The number of aryl methyl sites for hydroxylation is 1. The van der Waals surface area contributed by atoms with E-state index in [2.05, 4.69) is 26.2 Å². The van der Waals surface area contributed by atoms with Crippen LogP contribution in [-0.4, -0.2) is 43.8 Å². The molecule has 2 N–H and O–H groups in total. The van der Waals surface area contributed by atoms with Crippen molar-refractivity contribution in [1.29, 1.82) is 0 Å². The number of nitrogens with one attached hydrogen (secondary N) is 2. The van der Waals surface area contributed by atoms with Crippen LogP contribution in [0.25, 0.3) is 5.69 Å². The predicted molar refractivity (Wildman–Crippen MR) is 112 cm³/mol. The first-order chi connectivity index (χ1) is 13.9. The maximum absolute atomic E-state index is 12.5. The van der Waals surface area contributed by atoms with E-state index >= 15 is 0 Å². The minimum absolute atomic E-state index is 0.00227. The number of hydrogen-bond acceptors (Lipinski definition) is 6. The molecule has 0 unspecified atom stereocenters. The smallest absolute Gasteiger partial charge is 0.253 e. The Labute approximate surface area is 173 Å². The maximum Gasteiger partial charge on any atom is 0.253 e. The van der Waals surface area contributed by atoms with Crippen molar-refractivity contribution < 1.29 is 9.59 Å². The average molecular weight is 411 g/mol. The predicted octanol–water partition coefficient (Wildman–Crippen LogP) is 2.84. The van der Waals surface area contributed by atoms with E-state index in [4.69, 9.17) is 0 Å². The van der Waals surface area contributed by atoms with E-state index in [-0.39, 0.29) is 23.6 Å². The molecule has 0 saturated carbocycles. The lowest BCUT2D eigenvalue weighted by Gasteiger charge is -2.13. The van der Waals surface area contributed by atoms with Gasteiger partial charge in [0.05, 0.1) is 22.7 Å². The third-order valence-electron chi connectivity index (χ3n) is 3.92. The first-order valence-corrected chi connectivity index (χ1v) is 10.1. The molecule has 2 amide bonds. The van der Waals surface area contributed by atoms with Crippen LogP contribution in [0.3, 0.4) is 0 Å². The fourth-order valence-corrected chi connectivity index (χ4v) is 3.25. The maximum atomic E-state index is 12.5. The van der Waals surface area contributed by atoms with Gasteiger partial charge in [0.1, 0.15) is 0 Å². The zero-order valence-corrected chi connectivity index (χ0v) is 17.2. The molecule has 0 fully saturated rings. The Hall–Kier alpha value is -3.20. The number of rotatable bonds is 7. The Morgan fingerprint density at radius 3 is 2.55 bits per heavy atom. The summed E-state index contributed by atoms with van der Waals surface area (Å²) in [6, 6.07) is 14.7. The summed E-state index contributed by atoms with van der Waals surface area (Å²) in [7, 11) is 0. The highest BCUT2D eigenvalue weighted by Crippen LogP contribution is 2.20. The normalized spacial score (nSPS) is 10.8. The molecule has 150 valence electrons. The fraction of sp³-hybridized carbons (Fsp3) is 0.250. The number of amides is 2. The quantitative estimate of drug-likeness (QED) is 0.581. The number of carbonyl (C=O) groups is 2. The van der Waals surface area contributed by atoms with Crippen LogP contribution in [0.5, 0.6) is 0 Å². The topological polar surface area (TPSA) is 102 Å². The van der Waals surface area contributed by atoms with Gasteiger partial charge in [-0.15, -0.1) is 5.10 Å². The first kappa shape index (κ1) is 20.5. The number of thioether (sulfide) groups is 1. The van der Waals surface area contributed by atoms with Crippen molar-refractivity contribution in [3.8, 4) is 5.69 Å². The van der Waals surface area contributed by atoms with E-state index in [1.165, 1.54) is 11.8 Å². The molecule has 1 heterocycles. The molecule has 3 aromatic rings. The van der Waals surface area contributed by atoms with Gasteiger partial charge in [-0.25, -0.2) is 0 Å². The number of nitrogens with zero attached hydrogens (tertiary/aromatic N) is 4. The number of aromatic nitrogens is 4. The van der Waals surface area contributed by atoms with Crippen LogP contribution in [0.2, 0.25) is 0 Å². The van der Waals surface area contributed by atoms with Crippen molar-refractivity contribution in [2.75, 3.05) is 11.1 Å². The molecule has 0 atom stereocenters.